The number of pyridine rings is 2. The smallest absolute Gasteiger partial charge is 0.287 e. The minimum atomic E-state index is -0.208. The van der Waals surface area contributed by atoms with Gasteiger partial charge in [-0.3, -0.25) is 14.2 Å². The van der Waals surface area contributed by atoms with Gasteiger partial charge in [0.15, 0.2) is 0 Å². The van der Waals surface area contributed by atoms with Crippen LogP contribution in [-0.4, -0.2) is 26.8 Å². The zero-order valence-electron chi connectivity index (χ0n) is 14.5. The molecule has 0 saturated heterocycles. The van der Waals surface area contributed by atoms with Crippen LogP contribution in [0, 0.1) is 0 Å². The van der Waals surface area contributed by atoms with Crippen molar-refractivity contribution in [2.75, 3.05) is 6.54 Å². The van der Waals surface area contributed by atoms with Crippen molar-refractivity contribution in [1.29, 1.82) is 0 Å². The fourth-order valence-corrected chi connectivity index (χ4v) is 3.09. The molecule has 0 aliphatic carbocycles. The van der Waals surface area contributed by atoms with Gasteiger partial charge in [0.2, 0.25) is 5.82 Å². The summed E-state index contributed by atoms with van der Waals surface area (Å²) in [6.07, 6.45) is 6.03. The number of aromatic nitrogens is 3. The fourth-order valence-electron chi connectivity index (χ4n) is 2.96. The van der Waals surface area contributed by atoms with Gasteiger partial charge in [0.25, 0.3) is 5.91 Å². The summed E-state index contributed by atoms with van der Waals surface area (Å²) in [5.41, 5.74) is 3.60. The summed E-state index contributed by atoms with van der Waals surface area (Å²) >= 11 is 5.90. The predicted octanol–water partition coefficient (Wildman–Crippen LogP) is 4.02. The molecule has 3 heterocycles. The number of nitrogens with one attached hydrogen (secondary N) is 1. The van der Waals surface area contributed by atoms with Crippen LogP contribution < -0.4 is 5.32 Å². The number of imidazole rings is 1. The molecule has 0 radical (unpaired) electrons. The van der Waals surface area contributed by atoms with Crippen LogP contribution in [0.3, 0.4) is 0 Å². The molecule has 0 spiro atoms. The van der Waals surface area contributed by atoms with Crippen molar-refractivity contribution in [3.05, 3.63) is 89.6 Å². The quantitative estimate of drug-likeness (QED) is 0.572. The van der Waals surface area contributed by atoms with Crippen molar-refractivity contribution in [1.82, 2.24) is 19.7 Å². The highest BCUT2D eigenvalue weighted by molar-refractivity contribution is 6.30. The van der Waals surface area contributed by atoms with Gasteiger partial charge in [-0.2, -0.15) is 0 Å². The predicted molar refractivity (Wildman–Crippen MR) is 106 cm³/mol. The molecular formula is C21H17ClN4O. The molecule has 0 aliphatic heterocycles. The summed E-state index contributed by atoms with van der Waals surface area (Å²) in [5, 5.41) is 3.65. The van der Waals surface area contributed by atoms with Crippen LogP contribution in [0.25, 0.3) is 16.8 Å². The molecule has 27 heavy (non-hydrogen) atoms. The minimum absolute atomic E-state index is 0.208. The van der Waals surface area contributed by atoms with Crippen LogP contribution in [0.5, 0.6) is 0 Å². The number of hydrogen-bond donors (Lipinski definition) is 1. The molecular weight excluding hydrogens is 360 g/mol. The Bertz CT molecular complexity index is 1070. The van der Waals surface area contributed by atoms with Crippen molar-refractivity contribution >= 4 is 23.0 Å². The van der Waals surface area contributed by atoms with Crippen LogP contribution in [0.4, 0.5) is 0 Å². The van der Waals surface area contributed by atoms with Crippen LogP contribution >= 0.6 is 11.6 Å². The third-order valence-electron chi connectivity index (χ3n) is 4.30. The van der Waals surface area contributed by atoms with Gasteiger partial charge in [0.05, 0.1) is 11.2 Å². The highest BCUT2D eigenvalue weighted by Gasteiger charge is 2.17. The number of fused-ring (bicyclic) bond motifs is 1. The number of halogens is 1. The molecule has 4 aromatic rings. The molecule has 0 unspecified atom stereocenters. The number of amides is 1. The lowest BCUT2D eigenvalue weighted by molar-refractivity contribution is 0.0943. The maximum Gasteiger partial charge on any atom is 0.287 e. The van der Waals surface area contributed by atoms with E-state index in [-0.39, 0.29) is 5.91 Å². The van der Waals surface area contributed by atoms with Crippen LogP contribution in [0.1, 0.15) is 16.2 Å². The first kappa shape index (κ1) is 17.2. The van der Waals surface area contributed by atoms with E-state index in [1.165, 1.54) is 0 Å². The lowest BCUT2D eigenvalue weighted by Gasteiger charge is -2.05. The number of nitrogens with zero attached hydrogens (tertiary/aromatic N) is 3. The molecule has 5 nitrogen and oxygen atoms in total. The van der Waals surface area contributed by atoms with Gasteiger partial charge >= 0.3 is 0 Å². The Kier molecular flexibility index (Phi) is 4.85. The third-order valence-corrected chi connectivity index (χ3v) is 4.55. The average molecular weight is 377 g/mol. The summed E-state index contributed by atoms with van der Waals surface area (Å²) < 4.78 is 1.81. The lowest BCUT2D eigenvalue weighted by Crippen LogP contribution is -2.27. The van der Waals surface area contributed by atoms with Gasteiger partial charge in [0.1, 0.15) is 0 Å². The van der Waals surface area contributed by atoms with Crippen molar-refractivity contribution in [3.8, 4) is 11.3 Å². The zero-order valence-corrected chi connectivity index (χ0v) is 15.2. The highest BCUT2D eigenvalue weighted by atomic mass is 35.5. The summed E-state index contributed by atoms with van der Waals surface area (Å²) in [4.78, 5) is 21.5. The standard InChI is InChI=1S/C21H17ClN4O/c22-17-8-6-15(7-9-17)10-12-24-21(27)20-25-19(16-4-3-11-23-14-16)18-5-1-2-13-26(18)20/h1-9,11,13-14H,10,12H2,(H,24,27). The van der Waals surface area contributed by atoms with E-state index in [4.69, 9.17) is 11.6 Å². The average Bonchev–Trinajstić information content (AvgIpc) is 3.10. The van der Waals surface area contributed by atoms with E-state index >= 15 is 0 Å². The van der Waals surface area contributed by atoms with Crippen molar-refractivity contribution in [2.45, 2.75) is 6.42 Å². The Labute approximate surface area is 161 Å². The largest absolute Gasteiger partial charge is 0.349 e. The van der Waals surface area contributed by atoms with Gasteiger partial charge < -0.3 is 5.32 Å². The van der Waals surface area contributed by atoms with Crippen molar-refractivity contribution < 1.29 is 4.79 Å². The number of benzene rings is 1. The number of carbonyl (C=O) groups excluding carboxylic acids is 1. The SMILES string of the molecule is O=C(NCCc1ccc(Cl)cc1)c1nc(-c2cccnc2)c2ccccn12. The second-order valence-electron chi connectivity index (χ2n) is 6.11. The zero-order chi connectivity index (χ0) is 18.6. The van der Waals surface area contributed by atoms with Gasteiger partial charge in [-0.15, -0.1) is 0 Å². The van der Waals surface area contributed by atoms with Crippen LogP contribution in [0.2, 0.25) is 5.02 Å². The van der Waals surface area contributed by atoms with E-state index in [1.807, 2.05) is 60.8 Å². The first-order valence-corrected chi connectivity index (χ1v) is 9.00. The summed E-state index contributed by atoms with van der Waals surface area (Å²) in [5.74, 6) is 0.154. The summed E-state index contributed by atoms with van der Waals surface area (Å²) in [7, 11) is 0. The molecule has 1 amide bonds. The number of rotatable bonds is 5. The van der Waals surface area contributed by atoms with Gasteiger partial charge in [0, 0.05) is 35.7 Å². The van der Waals surface area contributed by atoms with Gasteiger partial charge in [-0.1, -0.05) is 29.8 Å². The van der Waals surface area contributed by atoms with Gasteiger partial charge in [-0.05, 0) is 48.4 Å². The maximum absolute atomic E-state index is 12.7. The topological polar surface area (TPSA) is 59.3 Å². The van der Waals surface area contributed by atoms with Crippen molar-refractivity contribution in [2.24, 2.45) is 0 Å². The van der Waals surface area contributed by atoms with E-state index < -0.39 is 0 Å². The Morgan fingerprint density at radius 1 is 1.07 bits per heavy atom. The molecule has 0 saturated carbocycles. The first-order valence-electron chi connectivity index (χ1n) is 8.62. The van der Waals surface area contributed by atoms with Crippen molar-refractivity contribution in [3.63, 3.8) is 0 Å². The van der Waals surface area contributed by atoms with Crippen LogP contribution in [-0.2, 0) is 6.42 Å². The van der Waals surface area contributed by atoms with E-state index in [9.17, 15) is 4.79 Å². The molecule has 1 N–H and O–H groups in total. The monoisotopic (exact) mass is 376 g/mol. The molecule has 0 aliphatic rings. The van der Waals surface area contributed by atoms with E-state index in [1.54, 1.807) is 16.8 Å². The lowest BCUT2D eigenvalue weighted by atomic mass is 10.1. The highest BCUT2D eigenvalue weighted by Crippen LogP contribution is 2.24. The third kappa shape index (κ3) is 3.68. The molecule has 0 bridgehead atoms. The first-order chi connectivity index (χ1) is 13.2. The molecule has 3 aromatic heterocycles. The second-order valence-corrected chi connectivity index (χ2v) is 6.55. The minimum Gasteiger partial charge on any atom is -0.349 e. The Balaban J connectivity index is 1.56. The fraction of sp³-hybridized carbons (Fsp3) is 0.0952. The molecule has 6 heteroatoms. The normalized spacial score (nSPS) is 10.9. The maximum atomic E-state index is 12.7. The second kappa shape index (κ2) is 7.60. The number of hydrogen-bond acceptors (Lipinski definition) is 3. The Morgan fingerprint density at radius 2 is 1.93 bits per heavy atom. The summed E-state index contributed by atoms with van der Waals surface area (Å²) in [6.45, 7) is 0.518. The molecule has 1 aromatic carbocycles. The molecule has 0 fully saturated rings. The molecule has 134 valence electrons. The van der Waals surface area contributed by atoms with E-state index in [0.717, 1.165) is 28.8 Å². The van der Waals surface area contributed by atoms with E-state index in [0.29, 0.717) is 17.4 Å². The van der Waals surface area contributed by atoms with Gasteiger partial charge in [-0.25, -0.2) is 4.98 Å². The number of carbonyl (C=O) groups is 1. The van der Waals surface area contributed by atoms with Crippen LogP contribution in [0.15, 0.2) is 73.2 Å². The molecule has 0 atom stereocenters. The Morgan fingerprint density at radius 3 is 2.70 bits per heavy atom. The van der Waals surface area contributed by atoms with E-state index in [2.05, 4.69) is 15.3 Å². The molecule has 4 rings (SSSR count). The Hall–Kier alpha value is -3.18. The summed E-state index contributed by atoms with van der Waals surface area (Å²) in [6, 6.07) is 17.2.